The van der Waals surface area contributed by atoms with E-state index in [0.29, 0.717) is 35.6 Å². The van der Waals surface area contributed by atoms with Crippen LogP contribution < -0.4 is 10.6 Å². The second-order valence-corrected chi connectivity index (χ2v) is 6.32. The lowest BCUT2D eigenvalue weighted by Gasteiger charge is -2.36. The summed E-state index contributed by atoms with van der Waals surface area (Å²) in [6.07, 6.45) is 2.98. The first-order valence-electron chi connectivity index (χ1n) is 8.45. The number of amides is 2. The zero-order chi connectivity index (χ0) is 17.9. The topological polar surface area (TPSA) is 100 Å². The van der Waals surface area contributed by atoms with Gasteiger partial charge in [0.05, 0.1) is 6.26 Å². The zero-order valence-corrected chi connectivity index (χ0v) is 13.9. The van der Waals surface area contributed by atoms with Crippen molar-refractivity contribution in [2.24, 2.45) is 0 Å². The molecule has 1 aliphatic rings. The summed E-state index contributed by atoms with van der Waals surface area (Å²) in [4.78, 5) is 24.4. The molecule has 0 bridgehead atoms. The fraction of sp³-hybridized carbons (Fsp3) is 0.211. The van der Waals surface area contributed by atoms with Crippen molar-refractivity contribution in [2.75, 3.05) is 0 Å². The number of hydrogen-bond acceptors (Lipinski definition) is 4. The van der Waals surface area contributed by atoms with Gasteiger partial charge in [-0.25, -0.2) is 0 Å². The number of nitrogens with one attached hydrogen (secondary N) is 3. The normalized spacial score (nSPS) is 18.8. The highest BCUT2D eigenvalue weighted by Crippen LogP contribution is 2.22. The molecule has 0 atom stereocenters. The Kier molecular flexibility index (Phi) is 4.27. The molecule has 7 nitrogen and oxygen atoms in total. The molecular weight excluding hydrogens is 332 g/mol. The average molecular weight is 350 g/mol. The van der Waals surface area contributed by atoms with E-state index in [4.69, 9.17) is 4.42 Å². The number of carbonyl (C=O) groups excluding carboxylic acids is 2. The molecule has 7 heteroatoms. The predicted octanol–water partition coefficient (Wildman–Crippen LogP) is 2.36. The summed E-state index contributed by atoms with van der Waals surface area (Å²) >= 11 is 0. The zero-order valence-electron chi connectivity index (χ0n) is 13.9. The molecule has 0 unspecified atom stereocenters. The monoisotopic (exact) mass is 350 g/mol. The van der Waals surface area contributed by atoms with Gasteiger partial charge in [0.2, 0.25) is 0 Å². The third kappa shape index (κ3) is 3.37. The first kappa shape index (κ1) is 16.1. The number of carbonyl (C=O) groups is 2. The maximum atomic E-state index is 12.3. The molecule has 2 heterocycles. The lowest BCUT2D eigenvalue weighted by atomic mass is 9.86. The summed E-state index contributed by atoms with van der Waals surface area (Å²) in [5.41, 5.74) is 1.61. The van der Waals surface area contributed by atoms with E-state index in [-0.39, 0.29) is 23.9 Å². The number of furan rings is 1. The van der Waals surface area contributed by atoms with Gasteiger partial charge in [0.15, 0.2) is 11.5 Å². The highest BCUT2D eigenvalue weighted by atomic mass is 16.3. The Labute approximate surface area is 149 Å². The van der Waals surface area contributed by atoms with Gasteiger partial charge in [0, 0.05) is 23.7 Å². The van der Waals surface area contributed by atoms with Gasteiger partial charge in [-0.3, -0.25) is 14.7 Å². The summed E-state index contributed by atoms with van der Waals surface area (Å²) < 4.78 is 5.27. The van der Waals surface area contributed by atoms with Gasteiger partial charge in [0.1, 0.15) is 5.69 Å². The fourth-order valence-corrected chi connectivity index (χ4v) is 2.97. The Morgan fingerprint density at radius 2 is 1.73 bits per heavy atom. The summed E-state index contributed by atoms with van der Waals surface area (Å²) in [6.45, 7) is 0. The smallest absolute Gasteiger partial charge is 0.272 e. The number of rotatable bonds is 5. The van der Waals surface area contributed by atoms with Gasteiger partial charge in [-0.15, -0.1) is 0 Å². The van der Waals surface area contributed by atoms with Gasteiger partial charge in [-0.1, -0.05) is 18.2 Å². The average Bonchev–Trinajstić information content (AvgIpc) is 3.31. The van der Waals surface area contributed by atoms with Gasteiger partial charge in [-0.05, 0) is 37.1 Å². The Balaban J connectivity index is 1.26. The summed E-state index contributed by atoms with van der Waals surface area (Å²) in [5.74, 6) is 0.302. The molecule has 3 N–H and O–H groups in total. The largest absolute Gasteiger partial charge is 0.463 e. The third-order valence-corrected chi connectivity index (χ3v) is 4.44. The van der Waals surface area contributed by atoms with Crippen LogP contribution in [0.1, 0.15) is 33.7 Å². The SMILES string of the molecule is O=C(NC1CC(NC(=O)c2cc(-c3ccco3)[nH]n2)C1)c1ccccc1. The van der Waals surface area contributed by atoms with E-state index in [2.05, 4.69) is 20.8 Å². The Morgan fingerprint density at radius 3 is 2.42 bits per heavy atom. The number of aromatic nitrogens is 2. The van der Waals surface area contributed by atoms with Crippen molar-refractivity contribution in [3.8, 4) is 11.5 Å². The van der Waals surface area contributed by atoms with Crippen molar-refractivity contribution in [3.63, 3.8) is 0 Å². The molecule has 4 rings (SSSR count). The van der Waals surface area contributed by atoms with Gasteiger partial charge < -0.3 is 15.1 Å². The third-order valence-electron chi connectivity index (χ3n) is 4.44. The highest BCUT2D eigenvalue weighted by Gasteiger charge is 2.32. The number of benzene rings is 1. The molecule has 0 aliphatic heterocycles. The molecule has 26 heavy (non-hydrogen) atoms. The summed E-state index contributed by atoms with van der Waals surface area (Å²) in [5, 5.41) is 12.7. The standard InChI is InChI=1S/C19H18N4O3/c24-18(12-5-2-1-3-6-12)20-13-9-14(10-13)21-19(25)16-11-15(22-23-16)17-7-4-8-26-17/h1-8,11,13-14H,9-10H2,(H,20,24)(H,21,25)(H,22,23). The van der Waals surface area contributed by atoms with E-state index < -0.39 is 0 Å². The highest BCUT2D eigenvalue weighted by molar-refractivity contribution is 5.95. The molecule has 1 aromatic carbocycles. The van der Waals surface area contributed by atoms with E-state index >= 15 is 0 Å². The van der Waals surface area contributed by atoms with Crippen LogP contribution in [0.3, 0.4) is 0 Å². The van der Waals surface area contributed by atoms with E-state index in [1.807, 2.05) is 18.2 Å². The summed E-state index contributed by atoms with van der Waals surface area (Å²) in [6, 6.07) is 14.4. The molecule has 1 saturated carbocycles. The molecule has 1 fully saturated rings. The van der Waals surface area contributed by atoms with Crippen LogP contribution in [0, 0.1) is 0 Å². The Hall–Kier alpha value is -3.35. The first-order chi connectivity index (χ1) is 12.7. The van der Waals surface area contributed by atoms with Crippen molar-refractivity contribution in [3.05, 3.63) is 66.1 Å². The minimum Gasteiger partial charge on any atom is -0.463 e. The molecular formula is C19H18N4O3. The van der Waals surface area contributed by atoms with Crippen LogP contribution in [-0.4, -0.2) is 34.1 Å². The maximum absolute atomic E-state index is 12.3. The van der Waals surface area contributed by atoms with E-state index in [0.717, 1.165) is 0 Å². The number of nitrogens with zero attached hydrogens (tertiary/aromatic N) is 1. The van der Waals surface area contributed by atoms with Crippen molar-refractivity contribution >= 4 is 11.8 Å². The lowest BCUT2D eigenvalue weighted by molar-refractivity contribution is 0.0860. The molecule has 1 aliphatic carbocycles. The van der Waals surface area contributed by atoms with Crippen LogP contribution in [0.15, 0.2) is 59.2 Å². The number of aromatic amines is 1. The second-order valence-electron chi connectivity index (χ2n) is 6.32. The fourth-order valence-electron chi connectivity index (χ4n) is 2.97. The van der Waals surface area contributed by atoms with Gasteiger partial charge in [-0.2, -0.15) is 5.10 Å². The lowest BCUT2D eigenvalue weighted by Crippen LogP contribution is -2.53. The Bertz CT molecular complexity index is 896. The minimum atomic E-state index is -0.239. The Morgan fingerprint density at radius 1 is 1.00 bits per heavy atom. The molecule has 3 aromatic rings. The van der Waals surface area contributed by atoms with Gasteiger partial charge in [0.25, 0.3) is 11.8 Å². The van der Waals surface area contributed by atoms with E-state index in [9.17, 15) is 9.59 Å². The van der Waals surface area contributed by atoms with E-state index in [1.165, 1.54) is 0 Å². The molecule has 2 aromatic heterocycles. The van der Waals surface area contributed by atoms with Crippen LogP contribution in [-0.2, 0) is 0 Å². The minimum absolute atomic E-state index is 0.0346. The summed E-state index contributed by atoms with van der Waals surface area (Å²) in [7, 11) is 0. The van der Waals surface area contributed by atoms with Crippen LogP contribution in [0.5, 0.6) is 0 Å². The van der Waals surface area contributed by atoms with Crippen molar-refractivity contribution in [1.29, 1.82) is 0 Å². The molecule has 2 amide bonds. The molecule has 0 spiro atoms. The second kappa shape index (κ2) is 6.87. The van der Waals surface area contributed by atoms with Gasteiger partial charge >= 0.3 is 0 Å². The predicted molar refractivity (Wildman–Crippen MR) is 94.5 cm³/mol. The molecule has 0 saturated heterocycles. The molecule has 132 valence electrons. The van der Waals surface area contributed by atoms with Crippen molar-refractivity contribution in [1.82, 2.24) is 20.8 Å². The van der Waals surface area contributed by atoms with Crippen molar-refractivity contribution < 1.29 is 14.0 Å². The quantitative estimate of drug-likeness (QED) is 0.658. The van der Waals surface area contributed by atoms with Crippen LogP contribution in [0.4, 0.5) is 0 Å². The molecule has 0 radical (unpaired) electrons. The first-order valence-corrected chi connectivity index (χ1v) is 8.45. The number of hydrogen-bond donors (Lipinski definition) is 3. The van der Waals surface area contributed by atoms with Crippen LogP contribution >= 0.6 is 0 Å². The maximum Gasteiger partial charge on any atom is 0.272 e. The number of H-pyrrole nitrogens is 1. The van der Waals surface area contributed by atoms with Crippen LogP contribution in [0.2, 0.25) is 0 Å². The van der Waals surface area contributed by atoms with Crippen LogP contribution in [0.25, 0.3) is 11.5 Å². The van der Waals surface area contributed by atoms with E-state index in [1.54, 1.807) is 36.6 Å². The van der Waals surface area contributed by atoms with Crippen molar-refractivity contribution in [2.45, 2.75) is 24.9 Å².